The van der Waals surface area contributed by atoms with Gasteiger partial charge in [0.25, 0.3) is 0 Å². The van der Waals surface area contributed by atoms with Gasteiger partial charge in [-0.05, 0) is 11.6 Å². The number of aliphatic carboxylic acids is 1. The SMILES string of the molecule is NC(=O)c1ccccc1CN1CCNC(=O)C1CC(=O)O. The molecule has 21 heavy (non-hydrogen) atoms. The summed E-state index contributed by atoms with van der Waals surface area (Å²) in [5.41, 5.74) is 6.41. The number of nitrogens with two attached hydrogens (primary N) is 1. The first kappa shape index (κ1) is 15.0. The van der Waals surface area contributed by atoms with Gasteiger partial charge < -0.3 is 16.2 Å². The lowest BCUT2D eigenvalue weighted by atomic mass is 10.0. The van der Waals surface area contributed by atoms with Crippen LogP contribution in [0.5, 0.6) is 0 Å². The molecule has 7 heteroatoms. The van der Waals surface area contributed by atoms with Crippen LogP contribution in [0.3, 0.4) is 0 Å². The molecule has 1 saturated heterocycles. The van der Waals surface area contributed by atoms with Crippen molar-refractivity contribution < 1.29 is 19.5 Å². The average molecular weight is 291 g/mol. The largest absolute Gasteiger partial charge is 0.481 e. The highest BCUT2D eigenvalue weighted by molar-refractivity contribution is 5.94. The number of carbonyl (C=O) groups is 3. The summed E-state index contributed by atoms with van der Waals surface area (Å²) in [4.78, 5) is 35.9. The molecule has 0 aromatic heterocycles. The summed E-state index contributed by atoms with van der Waals surface area (Å²) in [5, 5.41) is 11.6. The lowest BCUT2D eigenvalue weighted by Crippen LogP contribution is -2.55. The van der Waals surface area contributed by atoms with Crippen molar-refractivity contribution in [1.82, 2.24) is 10.2 Å². The quantitative estimate of drug-likeness (QED) is 0.681. The second-order valence-electron chi connectivity index (χ2n) is 4.90. The van der Waals surface area contributed by atoms with Crippen molar-refractivity contribution in [2.45, 2.75) is 19.0 Å². The summed E-state index contributed by atoms with van der Waals surface area (Å²) < 4.78 is 0. The second-order valence-corrected chi connectivity index (χ2v) is 4.90. The van der Waals surface area contributed by atoms with Gasteiger partial charge in [-0.15, -0.1) is 0 Å². The molecule has 2 amide bonds. The second kappa shape index (κ2) is 6.36. The Balaban J connectivity index is 2.22. The Morgan fingerprint density at radius 3 is 2.76 bits per heavy atom. The molecular weight excluding hydrogens is 274 g/mol. The topological polar surface area (TPSA) is 113 Å². The fourth-order valence-electron chi connectivity index (χ4n) is 2.46. The van der Waals surface area contributed by atoms with Gasteiger partial charge in [0.2, 0.25) is 11.8 Å². The highest BCUT2D eigenvalue weighted by Crippen LogP contribution is 2.16. The molecule has 1 fully saturated rings. The molecule has 0 radical (unpaired) electrons. The molecule has 0 saturated carbocycles. The van der Waals surface area contributed by atoms with Gasteiger partial charge in [-0.25, -0.2) is 0 Å². The van der Waals surface area contributed by atoms with Crippen LogP contribution < -0.4 is 11.1 Å². The van der Waals surface area contributed by atoms with Gasteiger partial charge in [0, 0.05) is 25.2 Å². The van der Waals surface area contributed by atoms with E-state index in [1.165, 1.54) is 0 Å². The summed E-state index contributed by atoms with van der Waals surface area (Å²) in [7, 11) is 0. The predicted molar refractivity (Wildman–Crippen MR) is 74.4 cm³/mol. The van der Waals surface area contributed by atoms with Crippen LogP contribution in [0.4, 0.5) is 0 Å². The van der Waals surface area contributed by atoms with Gasteiger partial charge in [0.05, 0.1) is 6.42 Å². The van der Waals surface area contributed by atoms with Crippen LogP contribution in [-0.2, 0) is 16.1 Å². The van der Waals surface area contributed by atoms with Crippen molar-refractivity contribution in [3.63, 3.8) is 0 Å². The van der Waals surface area contributed by atoms with Crippen LogP contribution in [0, 0.1) is 0 Å². The maximum atomic E-state index is 11.8. The van der Waals surface area contributed by atoms with E-state index >= 15 is 0 Å². The molecule has 1 aliphatic heterocycles. The lowest BCUT2D eigenvalue weighted by molar-refractivity contribution is -0.143. The van der Waals surface area contributed by atoms with Gasteiger partial charge in [-0.2, -0.15) is 0 Å². The molecule has 1 aromatic carbocycles. The molecular formula is C14H17N3O4. The fourth-order valence-corrected chi connectivity index (χ4v) is 2.46. The van der Waals surface area contributed by atoms with Gasteiger partial charge in [0.1, 0.15) is 6.04 Å². The van der Waals surface area contributed by atoms with E-state index in [0.29, 0.717) is 30.8 Å². The molecule has 1 atom stereocenters. The number of piperazine rings is 1. The van der Waals surface area contributed by atoms with E-state index < -0.39 is 17.9 Å². The van der Waals surface area contributed by atoms with Crippen molar-refractivity contribution in [3.8, 4) is 0 Å². The number of amides is 2. The van der Waals surface area contributed by atoms with Crippen molar-refractivity contribution >= 4 is 17.8 Å². The van der Waals surface area contributed by atoms with Crippen LogP contribution in [0.25, 0.3) is 0 Å². The maximum Gasteiger partial charge on any atom is 0.305 e. The Morgan fingerprint density at radius 2 is 2.10 bits per heavy atom. The zero-order chi connectivity index (χ0) is 15.4. The molecule has 7 nitrogen and oxygen atoms in total. The number of hydrogen-bond acceptors (Lipinski definition) is 4. The van der Waals surface area contributed by atoms with Gasteiger partial charge in [-0.1, -0.05) is 18.2 Å². The van der Waals surface area contributed by atoms with Crippen LogP contribution in [0.2, 0.25) is 0 Å². The molecule has 0 bridgehead atoms. The summed E-state index contributed by atoms with van der Waals surface area (Å²) in [6.07, 6.45) is -0.273. The van der Waals surface area contributed by atoms with E-state index in [1.54, 1.807) is 29.2 Å². The van der Waals surface area contributed by atoms with E-state index in [9.17, 15) is 14.4 Å². The standard InChI is InChI=1S/C14H17N3O4/c15-13(20)10-4-2-1-3-9(10)8-17-6-5-16-14(21)11(17)7-12(18)19/h1-4,11H,5-8H2,(H2,15,20)(H,16,21)(H,18,19). The number of rotatable bonds is 5. The van der Waals surface area contributed by atoms with E-state index in [4.69, 9.17) is 10.8 Å². The smallest absolute Gasteiger partial charge is 0.305 e. The lowest BCUT2D eigenvalue weighted by Gasteiger charge is -2.34. The first-order chi connectivity index (χ1) is 9.99. The zero-order valence-electron chi connectivity index (χ0n) is 11.4. The Morgan fingerprint density at radius 1 is 1.38 bits per heavy atom. The number of carboxylic acids is 1. The fraction of sp³-hybridized carbons (Fsp3) is 0.357. The number of nitrogens with zero attached hydrogens (tertiary/aromatic N) is 1. The number of carboxylic acid groups (broad SMARTS) is 1. The summed E-state index contributed by atoms with van der Waals surface area (Å²) >= 11 is 0. The molecule has 112 valence electrons. The molecule has 4 N–H and O–H groups in total. The minimum atomic E-state index is -1.04. The highest BCUT2D eigenvalue weighted by Gasteiger charge is 2.31. The van der Waals surface area contributed by atoms with Gasteiger partial charge >= 0.3 is 5.97 Å². The van der Waals surface area contributed by atoms with Crippen molar-refractivity contribution in [2.24, 2.45) is 5.73 Å². The van der Waals surface area contributed by atoms with Crippen LogP contribution in [-0.4, -0.2) is 46.9 Å². The molecule has 0 spiro atoms. The number of carbonyl (C=O) groups excluding carboxylic acids is 2. The maximum absolute atomic E-state index is 11.8. The normalized spacial score (nSPS) is 19.0. The number of nitrogens with one attached hydrogen (secondary N) is 1. The van der Waals surface area contributed by atoms with E-state index in [1.807, 2.05) is 0 Å². The Labute approximate surface area is 121 Å². The summed E-state index contributed by atoms with van der Waals surface area (Å²) in [6, 6.07) is 6.12. The average Bonchev–Trinajstić information content (AvgIpc) is 2.42. The molecule has 2 rings (SSSR count). The van der Waals surface area contributed by atoms with Crippen molar-refractivity contribution in [2.75, 3.05) is 13.1 Å². The van der Waals surface area contributed by atoms with Gasteiger partial charge in [0.15, 0.2) is 0 Å². The minimum Gasteiger partial charge on any atom is -0.481 e. The third-order valence-electron chi connectivity index (χ3n) is 3.47. The summed E-state index contributed by atoms with van der Waals surface area (Å²) in [6.45, 7) is 1.29. The van der Waals surface area contributed by atoms with E-state index in [0.717, 1.165) is 0 Å². The summed E-state index contributed by atoms with van der Waals surface area (Å²) in [5.74, 6) is -1.88. The highest BCUT2D eigenvalue weighted by atomic mass is 16.4. The zero-order valence-corrected chi connectivity index (χ0v) is 11.4. The Kier molecular flexibility index (Phi) is 4.54. The monoisotopic (exact) mass is 291 g/mol. The third kappa shape index (κ3) is 3.57. The van der Waals surface area contributed by atoms with Gasteiger partial charge in [-0.3, -0.25) is 19.3 Å². The Hall–Kier alpha value is -2.41. The first-order valence-corrected chi connectivity index (χ1v) is 6.60. The molecule has 0 aliphatic carbocycles. The molecule has 1 heterocycles. The van der Waals surface area contributed by atoms with Crippen molar-refractivity contribution in [1.29, 1.82) is 0 Å². The molecule has 1 aromatic rings. The predicted octanol–water partition coefficient (Wildman–Crippen LogP) is -0.439. The molecule has 1 aliphatic rings. The van der Waals surface area contributed by atoms with E-state index in [2.05, 4.69) is 5.32 Å². The van der Waals surface area contributed by atoms with Crippen molar-refractivity contribution in [3.05, 3.63) is 35.4 Å². The van der Waals surface area contributed by atoms with Crippen LogP contribution in [0.15, 0.2) is 24.3 Å². The third-order valence-corrected chi connectivity index (χ3v) is 3.47. The number of primary amides is 1. The van der Waals surface area contributed by atoms with Crippen LogP contribution in [0.1, 0.15) is 22.3 Å². The Bertz CT molecular complexity index is 573. The number of benzene rings is 1. The molecule has 1 unspecified atom stereocenters. The number of hydrogen-bond donors (Lipinski definition) is 3. The van der Waals surface area contributed by atoms with E-state index in [-0.39, 0.29) is 12.3 Å². The first-order valence-electron chi connectivity index (χ1n) is 6.60. The van der Waals surface area contributed by atoms with Crippen LogP contribution >= 0.6 is 0 Å². The minimum absolute atomic E-state index is 0.273.